The summed E-state index contributed by atoms with van der Waals surface area (Å²) >= 11 is 6.07. The highest BCUT2D eigenvalue weighted by molar-refractivity contribution is 7.89. The van der Waals surface area contributed by atoms with E-state index >= 15 is 0 Å². The molecule has 0 aliphatic carbocycles. The van der Waals surface area contributed by atoms with E-state index in [1.807, 2.05) is 25.1 Å². The third-order valence-corrected chi connectivity index (χ3v) is 8.60. The fourth-order valence-corrected chi connectivity index (χ4v) is 6.42. The molecule has 1 unspecified atom stereocenters. The number of hydrogen-bond acceptors (Lipinski definition) is 5. The SMILES string of the molecule is COc1ccc2[nH]c3c(c2c1)CCN(S(=O)(=O)c1ccc(C)cc1)C3c1ccc(Cl)c([N+](=O)[O-])c1. The van der Waals surface area contributed by atoms with Crippen LogP contribution in [0.25, 0.3) is 10.9 Å². The summed E-state index contributed by atoms with van der Waals surface area (Å²) in [4.78, 5) is 14.6. The summed E-state index contributed by atoms with van der Waals surface area (Å²) in [6.07, 6.45) is 0.472. The van der Waals surface area contributed by atoms with Crippen molar-refractivity contribution in [2.75, 3.05) is 13.7 Å². The number of methoxy groups -OCH3 is 1. The second-order valence-corrected chi connectivity index (χ2v) is 10.8. The summed E-state index contributed by atoms with van der Waals surface area (Å²) in [5.74, 6) is 0.688. The first-order valence-electron chi connectivity index (χ1n) is 10.9. The molecule has 1 aromatic heterocycles. The van der Waals surface area contributed by atoms with E-state index in [4.69, 9.17) is 16.3 Å². The van der Waals surface area contributed by atoms with Gasteiger partial charge in [0.1, 0.15) is 10.8 Å². The van der Waals surface area contributed by atoms with E-state index in [-0.39, 0.29) is 22.2 Å². The molecule has 8 nitrogen and oxygen atoms in total. The second kappa shape index (κ2) is 8.67. The van der Waals surface area contributed by atoms with Gasteiger partial charge in [0.25, 0.3) is 5.69 Å². The molecule has 35 heavy (non-hydrogen) atoms. The molecule has 1 atom stereocenters. The van der Waals surface area contributed by atoms with Gasteiger partial charge >= 0.3 is 0 Å². The van der Waals surface area contributed by atoms with E-state index in [2.05, 4.69) is 4.98 Å². The van der Waals surface area contributed by atoms with Crippen LogP contribution in [0.4, 0.5) is 5.69 Å². The molecule has 0 saturated heterocycles. The van der Waals surface area contributed by atoms with Gasteiger partial charge in [-0.2, -0.15) is 4.31 Å². The van der Waals surface area contributed by atoms with Gasteiger partial charge in [-0.25, -0.2) is 8.42 Å². The maximum absolute atomic E-state index is 13.8. The zero-order valence-electron chi connectivity index (χ0n) is 19.0. The largest absolute Gasteiger partial charge is 0.497 e. The van der Waals surface area contributed by atoms with Crippen LogP contribution >= 0.6 is 11.6 Å². The fraction of sp³-hybridized carbons (Fsp3) is 0.200. The number of hydrogen-bond donors (Lipinski definition) is 1. The number of fused-ring (bicyclic) bond motifs is 3. The number of benzene rings is 3. The van der Waals surface area contributed by atoms with Gasteiger partial charge in [0.2, 0.25) is 10.0 Å². The molecule has 2 heterocycles. The van der Waals surface area contributed by atoms with Gasteiger partial charge in [-0.05, 0) is 60.9 Å². The molecule has 1 N–H and O–H groups in total. The van der Waals surface area contributed by atoms with Crippen LogP contribution in [0.15, 0.2) is 65.6 Å². The monoisotopic (exact) mass is 511 g/mol. The molecule has 1 aliphatic heterocycles. The van der Waals surface area contributed by atoms with Crippen molar-refractivity contribution in [3.8, 4) is 5.75 Å². The summed E-state index contributed by atoms with van der Waals surface area (Å²) in [5, 5.41) is 12.5. The highest BCUT2D eigenvalue weighted by Gasteiger charge is 2.40. The van der Waals surface area contributed by atoms with Crippen molar-refractivity contribution in [1.82, 2.24) is 9.29 Å². The molecular weight excluding hydrogens is 490 g/mol. The zero-order chi connectivity index (χ0) is 24.9. The molecule has 0 fully saturated rings. The third kappa shape index (κ3) is 3.95. The highest BCUT2D eigenvalue weighted by Crippen LogP contribution is 2.43. The van der Waals surface area contributed by atoms with Crippen molar-refractivity contribution >= 4 is 38.2 Å². The lowest BCUT2D eigenvalue weighted by Crippen LogP contribution is -2.40. The van der Waals surface area contributed by atoms with Crippen molar-refractivity contribution in [2.45, 2.75) is 24.3 Å². The number of nitro groups is 1. The van der Waals surface area contributed by atoms with Gasteiger partial charge in [0, 0.05) is 29.2 Å². The number of aryl methyl sites for hydroxylation is 1. The van der Waals surface area contributed by atoms with Crippen LogP contribution in [0.5, 0.6) is 5.75 Å². The van der Waals surface area contributed by atoms with Crippen molar-refractivity contribution in [3.05, 3.63) is 98.2 Å². The number of sulfonamides is 1. The molecule has 0 bridgehead atoms. The lowest BCUT2D eigenvalue weighted by atomic mass is 9.94. The van der Waals surface area contributed by atoms with Crippen LogP contribution in [0.3, 0.4) is 0 Å². The van der Waals surface area contributed by atoms with E-state index in [9.17, 15) is 18.5 Å². The number of aromatic amines is 1. The van der Waals surface area contributed by atoms with Gasteiger partial charge in [-0.1, -0.05) is 35.4 Å². The first-order chi connectivity index (χ1) is 16.7. The van der Waals surface area contributed by atoms with Crippen LogP contribution in [-0.2, 0) is 16.4 Å². The minimum atomic E-state index is -3.93. The van der Waals surface area contributed by atoms with Gasteiger partial charge in [-0.3, -0.25) is 10.1 Å². The average Bonchev–Trinajstić information content (AvgIpc) is 3.21. The van der Waals surface area contributed by atoms with Gasteiger partial charge in [0.05, 0.1) is 23.0 Å². The first-order valence-corrected chi connectivity index (χ1v) is 12.7. The number of nitro benzene ring substituents is 1. The highest BCUT2D eigenvalue weighted by atomic mass is 35.5. The summed E-state index contributed by atoms with van der Waals surface area (Å²) < 4.78 is 34.4. The minimum absolute atomic E-state index is 0.0101. The number of nitrogens with one attached hydrogen (secondary N) is 1. The number of nitrogens with zero attached hydrogens (tertiary/aromatic N) is 2. The Hall–Kier alpha value is -3.40. The van der Waals surface area contributed by atoms with Gasteiger partial charge < -0.3 is 9.72 Å². The number of rotatable bonds is 5. The van der Waals surface area contributed by atoms with E-state index < -0.39 is 21.0 Å². The quantitative estimate of drug-likeness (QED) is 0.286. The molecule has 1 aliphatic rings. The van der Waals surface area contributed by atoms with E-state index in [0.717, 1.165) is 22.0 Å². The molecule has 3 aromatic carbocycles. The van der Waals surface area contributed by atoms with Crippen LogP contribution in [0.2, 0.25) is 5.02 Å². The Labute approximate surface area is 207 Å². The number of ether oxygens (including phenoxy) is 1. The Bertz CT molecular complexity index is 1560. The summed E-state index contributed by atoms with van der Waals surface area (Å²) in [7, 11) is -2.34. The van der Waals surface area contributed by atoms with Crippen LogP contribution < -0.4 is 4.74 Å². The number of H-pyrrole nitrogens is 1. The van der Waals surface area contributed by atoms with Crippen molar-refractivity contribution in [1.29, 1.82) is 0 Å². The Kier molecular flexibility index (Phi) is 5.79. The number of aromatic nitrogens is 1. The van der Waals surface area contributed by atoms with E-state index in [1.54, 1.807) is 37.4 Å². The van der Waals surface area contributed by atoms with Crippen LogP contribution in [0.1, 0.15) is 28.4 Å². The topological polar surface area (TPSA) is 106 Å². The van der Waals surface area contributed by atoms with Crippen molar-refractivity contribution in [3.63, 3.8) is 0 Å². The normalized spacial score (nSPS) is 16.3. The summed E-state index contributed by atoms with van der Waals surface area (Å²) in [6.45, 7) is 2.09. The summed E-state index contributed by atoms with van der Waals surface area (Å²) in [5.41, 5.74) is 3.58. The minimum Gasteiger partial charge on any atom is -0.497 e. The molecule has 180 valence electrons. The maximum atomic E-state index is 13.8. The van der Waals surface area contributed by atoms with Crippen molar-refractivity contribution in [2.24, 2.45) is 0 Å². The molecule has 0 radical (unpaired) electrons. The zero-order valence-corrected chi connectivity index (χ0v) is 20.6. The smallest absolute Gasteiger partial charge is 0.288 e. The van der Waals surface area contributed by atoms with Crippen LogP contribution in [-0.4, -0.2) is 36.3 Å². The molecular formula is C25H22ClN3O5S. The Morgan fingerprint density at radius 3 is 2.54 bits per heavy atom. The van der Waals surface area contributed by atoms with Crippen molar-refractivity contribution < 1.29 is 18.1 Å². The first kappa shape index (κ1) is 23.3. The number of halogens is 1. The van der Waals surface area contributed by atoms with Gasteiger partial charge in [-0.15, -0.1) is 0 Å². The predicted molar refractivity (Wildman–Crippen MR) is 134 cm³/mol. The van der Waals surface area contributed by atoms with E-state index in [0.29, 0.717) is 23.4 Å². The average molecular weight is 512 g/mol. The molecule has 0 spiro atoms. The standard InChI is InChI=1S/C25H22ClN3O5S/c1-15-3-7-18(8-4-15)35(32,33)28-12-11-19-20-14-17(34-2)6-10-22(20)27-24(19)25(28)16-5-9-21(26)23(13-16)29(30)31/h3-10,13-14,25,27H,11-12H2,1-2H3. The molecule has 10 heteroatoms. The molecule has 0 saturated carbocycles. The summed E-state index contributed by atoms with van der Waals surface area (Å²) in [6, 6.07) is 15.9. The Morgan fingerprint density at radius 1 is 1.11 bits per heavy atom. The van der Waals surface area contributed by atoms with E-state index in [1.165, 1.54) is 16.4 Å². The lowest BCUT2D eigenvalue weighted by molar-refractivity contribution is -0.384. The maximum Gasteiger partial charge on any atom is 0.288 e. The molecule has 5 rings (SSSR count). The van der Waals surface area contributed by atoms with Crippen LogP contribution in [0, 0.1) is 17.0 Å². The third-order valence-electron chi connectivity index (χ3n) is 6.40. The fourth-order valence-electron chi connectivity index (χ4n) is 4.65. The Morgan fingerprint density at radius 2 is 1.86 bits per heavy atom. The molecule has 0 amide bonds. The second-order valence-electron chi connectivity index (χ2n) is 8.48. The molecule has 4 aromatic rings. The Balaban J connectivity index is 1.74. The lowest BCUT2D eigenvalue weighted by Gasteiger charge is -2.35. The van der Waals surface area contributed by atoms with Gasteiger partial charge in [0.15, 0.2) is 0 Å². The predicted octanol–water partition coefficient (Wildman–Crippen LogP) is 5.38.